The van der Waals surface area contributed by atoms with Crippen LogP contribution in [-0.4, -0.2) is 25.9 Å². The summed E-state index contributed by atoms with van der Waals surface area (Å²) in [4.78, 5) is 0. The molecule has 4 nitrogen and oxygen atoms in total. The van der Waals surface area contributed by atoms with Gasteiger partial charge in [0.05, 0.1) is 5.60 Å². The third kappa shape index (κ3) is 5.07. The Labute approximate surface area is 109 Å². The van der Waals surface area contributed by atoms with E-state index in [4.69, 9.17) is 14.7 Å². The van der Waals surface area contributed by atoms with Gasteiger partial charge in [-0.05, 0) is 32.4 Å². The summed E-state index contributed by atoms with van der Waals surface area (Å²) in [6.07, 6.45) is 0.910. The summed E-state index contributed by atoms with van der Waals surface area (Å²) in [6, 6.07) is 9.54. The number of methoxy groups -OCH3 is 1. The third-order valence-electron chi connectivity index (χ3n) is 2.75. The van der Waals surface area contributed by atoms with Crippen molar-refractivity contribution in [1.29, 1.82) is 5.26 Å². The zero-order valence-corrected chi connectivity index (χ0v) is 11.2. The van der Waals surface area contributed by atoms with Crippen LogP contribution in [0.1, 0.15) is 20.3 Å². The number of hydrogen-bond acceptors (Lipinski definition) is 4. The number of nitrogens with zero attached hydrogens (tertiary/aromatic N) is 1. The fraction of sp³-hybridized carbons (Fsp3) is 0.500. The topological polar surface area (TPSA) is 54.3 Å². The molecule has 0 aliphatic heterocycles. The van der Waals surface area contributed by atoms with Crippen LogP contribution in [0.15, 0.2) is 24.3 Å². The second kappa shape index (κ2) is 6.87. The molecule has 0 aliphatic rings. The lowest BCUT2D eigenvalue weighted by Crippen LogP contribution is -2.25. The fourth-order valence-corrected chi connectivity index (χ4v) is 1.42. The molecule has 0 fully saturated rings. The number of ether oxygens (including phenoxy) is 2. The van der Waals surface area contributed by atoms with E-state index in [1.807, 2.05) is 30.3 Å². The predicted octanol–water partition coefficient (Wildman–Crippen LogP) is 2.82. The van der Waals surface area contributed by atoms with Crippen molar-refractivity contribution in [2.75, 3.05) is 25.6 Å². The van der Waals surface area contributed by atoms with E-state index in [9.17, 15) is 0 Å². The Bertz CT molecular complexity index is 411. The first-order chi connectivity index (χ1) is 8.57. The van der Waals surface area contributed by atoms with E-state index in [2.05, 4.69) is 19.2 Å². The van der Waals surface area contributed by atoms with Crippen LogP contribution in [0.5, 0.6) is 5.75 Å². The van der Waals surface area contributed by atoms with Crippen LogP contribution in [0.25, 0.3) is 0 Å². The van der Waals surface area contributed by atoms with E-state index >= 15 is 0 Å². The first kappa shape index (κ1) is 14.3. The van der Waals surface area contributed by atoms with E-state index in [0.717, 1.165) is 18.7 Å². The summed E-state index contributed by atoms with van der Waals surface area (Å²) in [6.45, 7) is 5.00. The Morgan fingerprint density at radius 3 is 2.83 bits per heavy atom. The molecule has 1 N–H and O–H groups in total. The maximum absolute atomic E-state index is 8.45. The van der Waals surface area contributed by atoms with Gasteiger partial charge in [0.1, 0.15) is 11.8 Å². The van der Waals surface area contributed by atoms with Crippen molar-refractivity contribution in [3.05, 3.63) is 24.3 Å². The highest BCUT2D eigenvalue weighted by Gasteiger charge is 2.15. The van der Waals surface area contributed by atoms with Crippen LogP contribution in [0.2, 0.25) is 0 Å². The molecule has 0 heterocycles. The summed E-state index contributed by atoms with van der Waals surface area (Å²) in [5, 5.41) is 11.8. The van der Waals surface area contributed by atoms with Gasteiger partial charge in [-0.3, -0.25) is 0 Å². The van der Waals surface area contributed by atoms with Gasteiger partial charge in [-0.15, -0.1) is 0 Å². The maximum atomic E-state index is 8.45. The summed E-state index contributed by atoms with van der Waals surface area (Å²) in [7, 11) is 1.72. The molecule has 0 spiro atoms. The molecule has 0 radical (unpaired) electrons. The van der Waals surface area contributed by atoms with Gasteiger partial charge in [0.2, 0.25) is 0 Å². The molecular weight excluding hydrogens is 228 g/mol. The number of anilines is 1. The molecule has 0 aliphatic carbocycles. The Balaban J connectivity index is 2.45. The van der Waals surface area contributed by atoms with Crippen molar-refractivity contribution in [3.8, 4) is 11.8 Å². The van der Waals surface area contributed by atoms with Gasteiger partial charge in [0.15, 0.2) is 6.61 Å². The zero-order chi connectivity index (χ0) is 13.4. The van der Waals surface area contributed by atoms with E-state index in [1.54, 1.807) is 7.11 Å². The third-order valence-corrected chi connectivity index (χ3v) is 2.75. The maximum Gasteiger partial charge on any atom is 0.174 e. The van der Waals surface area contributed by atoms with Crippen LogP contribution >= 0.6 is 0 Å². The highest BCUT2D eigenvalue weighted by Crippen LogP contribution is 2.18. The highest BCUT2D eigenvalue weighted by atomic mass is 16.5. The van der Waals surface area contributed by atoms with Gasteiger partial charge in [-0.25, -0.2) is 0 Å². The number of rotatable bonds is 7. The van der Waals surface area contributed by atoms with Crippen LogP contribution in [-0.2, 0) is 4.74 Å². The van der Waals surface area contributed by atoms with Gasteiger partial charge in [-0.1, -0.05) is 6.07 Å². The van der Waals surface area contributed by atoms with Gasteiger partial charge in [0, 0.05) is 25.4 Å². The van der Waals surface area contributed by atoms with Gasteiger partial charge in [0.25, 0.3) is 0 Å². The first-order valence-corrected chi connectivity index (χ1v) is 5.96. The molecule has 1 aromatic rings. The first-order valence-electron chi connectivity index (χ1n) is 5.96. The lowest BCUT2D eigenvalue weighted by atomic mass is 10.1. The van der Waals surface area contributed by atoms with Gasteiger partial charge < -0.3 is 14.8 Å². The van der Waals surface area contributed by atoms with Crippen molar-refractivity contribution in [1.82, 2.24) is 0 Å². The molecular formula is C14H20N2O2. The molecule has 0 unspecified atom stereocenters. The van der Waals surface area contributed by atoms with Gasteiger partial charge in [-0.2, -0.15) is 5.26 Å². The molecule has 0 saturated carbocycles. The Kier molecular flexibility index (Phi) is 5.47. The number of nitrogens with one attached hydrogen (secondary N) is 1. The van der Waals surface area contributed by atoms with Crippen molar-refractivity contribution < 1.29 is 9.47 Å². The Hall–Kier alpha value is -1.73. The van der Waals surface area contributed by atoms with Crippen molar-refractivity contribution in [3.63, 3.8) is 0 Å². The summed E-state index contributed by atoms with van der Waals surface area (Å²) in [5.74, 6) is 0.701. The summed E-state index contributed by atoms with van der Waals surface area (Å²) >= 11 is 0. The molecule has 0 atom stereocenters. The van der Waals surface area contributed by atoms with Crippen molar-refractivity contribution in [2.24, 2.45) is 0 Å². The lowest BCUT2D eigenvalue weighted by molar-refractivity contribution is 0.0185. The average Bonchev–Trinajstić information content (AvgIpc) is 2.37. The second-order valence-electron chi connectivity index (χ2n) is 4.62. The standard InChI is InChI=1S/C14H20N2O2/c1-14(2,17-3)7-9-16-12-5-4-6-13(11-12)18-10-8-15/h4-6,11,16H,7,9-10H2,1-3H3. The molecule has 0 saturated heterocycles. The van der Waals surface area contributed by atoms with Crippen LogP contribution in [0.4, 0.5) is 5.69 Å². The minimum absolute atomic E-state index is 0.0696. The fourth-order valence-electron chi connectivity index (χ4n) is 1.42. The summed E-state index contributed by atoms with van der Waals surface area (Å²) in [5.41, 5.74) is 0.861. The highest BCUT2D eigenvalue weighted by molar-refractivity contribution is 5.48. The van der Waals surface area contributed by atoms with E-state index in [0.29, 0.717) is 5.75 Å². The van der Waals surface area contributed by atoms with E-state index in [-0.39, 0.29) is 12.2 Å². The molecule has 98 valence electrons. The monoisotopic (exact) mass is 248 g/mol. The Morgan fingerprint density at radius 1 is 1.39 bits per heavy atom. The smallest absolute Gasteiger partial charge is 0.174 e. The van der Waals surface area contributed by atoms with Crippen molar-refractivity contribution in [2.45, 2.75) is 25.9 Å². The van der Waals surface area contributed by atoms with Gasteiger partial charge >= 0.3 is 0 Å². The minimum Gasteiger partial charge on any atom is -0.479 e. The number of nitriles is 1. The van der Waals surface area contributed by atoms with Crippen LogP contribution in [0.3, 0.4) is 0 Å². The SMILES string of the molecule is COC(C)(C)CCNc1cccc(OCC#N)c1. The second-order valence-corrected chi connectivity index (χ2v) is 4.62. The van der Waals surface area contributed by atoms with Crippen molar-refractivity contribution >= 4 is 5.69 Å². The molecule has 0 amide bonds. The Morgan fingerprint density at radius 2 is 2.17 bits per heavy atom. The van der Waals surface area contributed by atoms with Crippen LogP contribution in [0, 0.1) is 11.3 Å². The molecule has 18 heavy (non-hydrogen) atoms. The molecule has 1 rings (SSSR count). The van der Waals surface area contributed by atoms with E-state index in [1.165, 1.54) is 0 Å². The molecule has 4 heteroatoms. The molecule has 1 aromatic carbocycles. The quantitative estimate of drug-likeness (QED) is 0.806. The molecule has 0 bridgehead atoms. The average molecular weight is 248 g/mol. The largest absolute Gasteiger partial charge is 0.479 e. The predicted molar refractivity (Wildman–Crippen MR) is 71.7 cm³/mol. The summed E-state index contributed by atoms with van der Waals surface area (Å²) < 4.78 is 10.6. The lowest BCUT2D eigenvalue weighted by Gasteiger charge is -2.23. The van der Waals surface area contributed by atoms with Crippen LogP contribution < -0.4 is 10.1 Å². The van der Waals surface area contributed by atoms with E-state index < -0.39 is 0 Å². The normalized spacial score (nSPS) is 10.8. The number of benzene rings is 1. The molecule has 0 aromatic heterocycles. The number of hydrogen-bond donors (Lipinski definition) is 1. The minimum atomic E-state index is -0.123. The zero-order valence-electron chi connectivity index (χ0n) is 11.2.